The zero-order valence-corrected chi connectivity index (χ0v) is 19.0. The maximum absolute atomic E-state index is 12.8. The summed E-state index contributed by atoms with van der Waals surface area (Å²) in [5.74, 6) is 3.18. The molecule has 3 saturated heterocycles. The molecule has 0 unspecified atom stereocenters. The molecule has 3 fully saturated rings. The average molecular weight is 453 g/mol. The van der Waals surface area contributed by atoms with Crippen molar-refractivity contribution in [1.29, 1.82) is 0 Å². The Morgan fingerprint density at radius 3 is 3.03 bits per heavy atom. The third kappa shape index (κ3) is 4.53. The van der Waals surface area contributed by atoms with Gasteiger partial charge in [-0.3, -0.25) is 9.59 Å². The number of ether oxygens (including phenoxy) is 3. The second kappa shape index (κ2) is 9.28. The molecule has 0 spiro atoms. The van der Waals surface area contributed by atoms with Crippen molar-refractivity contribution in [3.8, 4) is 11.5 Å². The van der Waals surface area contributed by atoms with Crippen molar-refractivity contribution in [3.05, 3.63) is 23.8 Å². The summed E-state index contributed by atoms with van der Waals surface area (Å²) in [4.78, 5) is 26.8. The van der Waals surface area contributed by atoms with E-state index in [2.05, 4.69) is 12.2 Å². The minimum atomic E-state index is -0.413. The molecule has 9 heteroatoms. The van der Waals surface area contributed by atoms with Crippen molar-refractivity contribution in [3.63, 3.8) is 0 Å². The molecule has 2 amide bonds. The fourth-order valence-electron chi connectivity index (χ4n) is 4.08. The van der Waals surface area contributed by atoms with Gasteiger partial charge in [0.1, 0.15) is 12.6 Å². The van der Waals surface area contributed by atoms with Crippen LogP contribution in [0.25, 0.3) is 0 Å². The first-order valence-electron chi connectivity index (χ1n) is 10.2. The highest BCUT2D eigenvalue weighted by atomic mass is 32.2. The molecular formula is C21H28N2O5S2. The molecule has 0 saturated carbocycles. The normalized spacial score (nSPS) is 28.3. The van der Waals surface area contributed by atoms with E-state index in [1.54, 1.807) is 35.5 Å². The lowest BCUT2D eigenvalue weighted by molar-refractivity contribution is -0.140. The number of carbonyl (C=O) groups is 2. The minimum Gasteiger partial charge on any atom is -0.493 e. The number of hydrogen-bond donors (Lipinski definition) is 1. The van der Waals surface area contributed by atoms with Gasteiger partial charge in [0.15, 0.2) is 11.5 Å². The molecule has 4 rings (SSSR count). The van der Waals surface area contributed by atoms with Crippen LogP contribution in [0.2, 0.25) is 0 Å². The molecule has 164 valence electrons. The average Bonchev–Trinajstić information content (AvgIpc) is 3.38. The predicted octanol–water partition coefficient (Wildman–Crippen LogP) is 2.28. The quantitative estimate of drug-likeness (QED) is 0.680. The number of rotatable bonds is 7. The Morgan fingerprint density at radius 1 is 1.40 bits per heavy atom. The summed E-state index contributed by atoms with van der Waals surface area (Å²) in [5.41, 5.74) is 0.915. The Labute approximate surface area is 185 Å². The van der Waals surface area contributed by atoms with E-state index in [0.717, 1.165) is 30.8 Å². The van der Waals surface area contributed by atoms with Crippen LogP contribution in [-0.4, -0.2) is 71.3 Å². The Hall–Kier alpha value is -1.58. The van der Waals surface area contributed by atoms with Crippen molar-refractivity contribution in [1.82, 2.24) is 10.2 Å². The standard InChI is InChI=1S/C21H28N2O5S2/c1-21-13-29-12-19(24)23(21)16(11-30-21)20(25)22-9-14-5-6-17(18(8-14)26-2)28-10-15-4-3-7-27-15/h5-6,8,15-16H,3-4,7,9-13H2,1-2H3,(H,22,25)/t15-,16+,21-/m1/s1. The van der Waals surface area contributed by atoms with Gasteiger partial charge in [0, 0.05) is 24.7 Å². The first-order valence-corrected chi connectivity index (χ1v) is 12.4. The third-order valence-electron chi connectivity index (χ3n) is 5.68. The van der Waals surface area contributed by atoms with Crippen LogP contribution in [-0.2, 0) is 20.9 Å². The SMILES string of the molecule is COc1cc(CNC(=O)[C@@H]2CS[C@]3(C)CSCC(=O)N23)ccc1OC[C@H]1CCCO1. The van der Waals surface area contributed by atoms with Gasteiger partial charge in [-0.15, -0.1) is 23.5 Å². The monoisotopic (exact) mass is 452 g/mol. The second-order valence-electron chi connectivity index (χ2n) is 7.91. The second-order valence-corrected chi connectivity index (χ2v) is 10.4. The van der Waals surface area contributed by atoms with Crippen LogP contribution in [0.1, 0.15) is 25.3 Å². The zero-order chi connectivity index (χ0) is 21.1. The Balaban J connectivity index is 1.35. The Kier molecular flexibility index (Phi) is 6.69. The van der Waals surface area contributed by atoms with E-state index < -0.39 is 6.04 Å². The number of benzene rings is 1. The van der Waals surface area contributed by atoms with Crippen molar-refractivity contribution >= 4 is 35.3 Å². The van der Waals surface area contributed by atoms with Gasteiger partial charge in [0.25, 0.3) is 0 Å². The van der Waals surface area contributed by atoms with Gasteiger partial charge < -0.3 is 24.4 Å². The molecule has 3 aliphatic rings. The van der Waals surface area contributed by atoms with Crippen LogP contribution in [0.3, 0.4) is 0 Å². The van der Waals surface area contributed by atoms with Gasteiger partial charge in [-0.05, 0) is 37.5 Å². The van der Waals surface area contributed by atoms with Crippen LogP contribution in [0.5, 0.6) is 11.5 Å². The highest BCUT2D eigenvalue weighted by molar-refractivity contribution is 8.04. The molecule has 0 aliphatic carbocycles. The van der Waals surface area contributed by atoms with E-state index in [4.69, 9.17) is 14.2 Å². The van der Waals surface area contributed by atoms with Crippen molar-refractivity contribution in [2.45, 2.75) is 43.3 Å². The van der Waals surface area contributed by atoms with E-state index in [9.17, 15) is 9.59 Å². The van der Waals surface area contributed by atoms with Crippen LogP contribution in [0, 0.1) is 0 Å². The highest BCUT2D eigenvalue weighted by Gasteiger charge is 2.51. The van der Waals surface area contributed by atoms with Crippen LogP contribution in [0.4, 0.5) is 0 Å². The van der Waals surface area contributed by atoms with Gasteiger partial charge >= 0.3 is 0 Å². The van der Waals surface area contributed by atoms with Gasteiger partial charge in [-0.25, -0.2) is 0 Å². The molecule has 1 aromatic rings. The molecule has 0 bridgehead atoms. The lowest BCUT2D eigenvalue weighted by atomic mass is 10.1. The van der Waals surface area contributed by atoms with Gasteiger partial charge in [-0.1, -0.05) is 6.07 Å². The van der Waals surface area contributed by atoms with E-state index >= 15 is 0 Å². The lowest BCUT2D eigenvalue weighted by Gasteiger charge is -2.40. The first kappa shape index (κ1) is 21.6. The largest absolute Gasteiger partial charge is 0.493 e. The highest BCUT2D eigenvalue weighted by Crippen LogP contribution is 2.44. The third-order valence-corrected chi connectivity index (χ3v) is 8.53. The molecule has 3 atom stereocenters. The summed E-state index contributed by atoms with van der Waals surface area (Å²) in [6, 6.07) is 5.25. The van der Waals surface area contributed by atoms with Crippen molar-refractivity contribution in [2.24, 2.45) is 0 Å². The van der Waals surface area contributed by atoms with Gasteiger partial charge in [-0.2, -0.15) is 0 Å². The number of nitrogens with zero attached hydrogens (tertiary/aromatic N) is 1. The number of carbonyl (C=O) groups excluding carboxylic acids is 2. The van der Waals surface area contributed by atoms with E-state index in [0.29, 0.717) is 36.2 Å². The van der Waals surface area contributed by atoms with E-state index in [1.807, 2.05) is 18.2 Å². The smallest absolute Gasteiger partial charge is 0.243 e. The Morgan fingerprint density at radius 2 is 2.27 bits per heavy atom. The minimum absolute atomic E-state index is 0.0494. The van der Waals surface area contributed by atoms with Crippen LogP contribution >= 0.6 is 23.5 Å². The first-order chi connectivity index (χ1) is 14.5. The zero-order valence-electron chi connectivity index (χ0n) is 17.3. The summed E-state index contributed by atoms with van der Waals surface area (Å²) in [5, 5.41) is 2.99. The summed E-state index contributed by atoms with van der Waals surface area (Å²) in [6.45, 7) is 3.72. The van der Waals surface area contributed by atoms with E-state index in [1.165, 1.54) is 0 Å². The maximum Gasteiger partial charge on any atom is 0.243 e. The molecule has 0 aromatic heterocycles. The number of thioether (sulfide) groups is 2. The number of fused-ring (bicyclic) bond motifs is 1. The van der Waals surface area contributed by atoms with Crippen LogP contribution in [0.15, 0.2) is 18.2 Å². The van der Waals surface area contributed by atoms with Crippen molar-refractivity contribution < 1.29 is 23.8 Å². The fourth-order valence-corrected chi connectivity index (χ4v) is 6.78. The number of methoxy groups -OCH3 is 1. The number of nitrogens with one attached hydrogen (secondary N) is 1. The molecule has 30 heavy (non-hydrogen) atoms. The lowest BCUT2D eigenvalue weighted by Crippen LogP contribution is -2.57. The molecule has 3 heterocycles. The van der Waals surface area contributed by atoms with Crippen LogP contribution < -0.4 is 14.8 Å². The molecular weight excluding hydrogens is 424 g/mol. The molecule has 7 nitrogen and oxygen atoms in total. The van der Waals surface area contributed by atoms with Crippen molar-refractivity contribution in [2.75, 3.05) is 37.6 Å². The summed E-state index contributed by atoms with van der Waals surface area (Å²) in [7, 11) is 1.60. The summed E-state index contributed by atoms with van der Waals surface area (Å²) >= 11 is 3.33. The van der Waals surface area contributed by atoms with Gasteiger partial charge in [0.2, 0.25) is 11.8 Å². The summed E-state index contributed by atoms with van der Waals surface area (Å²) < 4.78 is 16.9. The Bertz CT molecular complexity index is 802. The number of amides is 2. The predicted molar refractivity (Wildman–Crippen MR) is 118 cm³/mol. The fraction of sp³-hybridized carbons (Fsp3) is 0.619. The molecule has 1 N–H and O–H groups in total. The van der Waals surface area contributed by atoms with E-state index in [-0.39, 0.29) is 22.8 Å². The maximum atomic E-state index is 12.8. The summed E-state index contributed by atoms with van der Waals surface area (Å²) in [6.07, 6.45) is 2.23. The molecule has 0 radical (unpaired) electrons. The molecule has 1 aromatic carbocycles. The topological polar surface area (TPSA) is 77.1 Å². The molecule has 3 aliphatic heterocycles. The van der Waals surface area contributed by atoms with Gasteiger partial charge in [0.05, 0.1) is 23.8 Å². The number of hydrogen-bond acceptors (Lipinski definition) is 7.